The normalized spacial score (nSPS) is 10.3. The van der Waals surface area contributed by atoms with Crippen molar-refractivity contribution in [2.24, 2.45) is 0 Å². The molecule has 0 saturated heterocycles. The molecule has 0 aromatic heterocycles. The Labute approximate surface area is 176 Å². The number of amides is 1. The van der Waals surface area contributed by atoms with Crippen LogP contribution < -0.4 is 10.1 Å². The first-order chi connectivity index (χ1) is 14.5. The summed E-state index contributed by atoms with van der Waals surface area (Å²) < 4.78 is 11.0. The van der Waals surface area contributed by atoms with Gasteiger partial charge < -0.3 is 14.8 Å². The molecule has 0 aliphatic carbocycles. The molecule has 0 unspecified atom stereocenters. The van der Waals surface area contributed by atoms with Crippen molar-refractivity contribution in [3.8, 4) is 11.5 Å². The lowest BCUT2D eigenvalue weighted by molar-refractivity contribution is 0.0499. The number of hydrogen-bond acceptors (Lipinski definition) is 4. The lowest BCUT2D eigenvalue weighted by Crippen LogP contribution is -2.12. The van der Waals surface area contributed by atoms with Crippen LogP contribution in [-0.2, 0) is 4.74 Å². The Hall–Kier alpha value is -3.60. The first-order valence-electron chi connectivity index (χ1n) is 9.98. The summed E-state index contributed by atoms with van der Waals surface area (Å²) in [5, 5.41) is 2.82. The molecular formula is C25H25NO4. The number of esters is 1. The van der Waals surface area contributed by atoms with Crippen LogP contribution in [0.1, 0.15) is 46.0 Å². The number of anilines is 1. The van der Waals surface area contributed by atoms with Gasteiger partial charge in [0.1, 0.15) is 11.5 Å². The van der Waals surface area contributed by atoms with Gasteiger partial charge in [0.25, 0.3) is 5.91 Å². The second kappa shape index (κ2) is 10.3. The molecule has 0 aliphatic rings. The largest absolute Gasteiger partial charge is 0.462 e. The Morgan fingerprint density at radius 2 is 1.37 bits per heavy atom. The molecule has 3 aromatic rings. The first-order valence-corrected chi connectivity index (χ1v) is 9.98. The van der Waals surface area contributed by atoms with Crippen molar-refractivity contribution in [1.82, 2.24) is 0 Å². The molecule has 0 radical (unpaired) electrons. The van der Waals surface area contributed by atoms with Crippen LogP contribution in [0.3, 0.4) is 0 Å². The van der Waals surface area contributed by atoms with E-state index in [1.54, 1.807) is 48.5 Å². The minimum atomic E-state index is -0.356. The summed E-state index contributed by atoms with van der Waals surface area (Å²) in [7, 11) is 0. The molecule has 0 bridgehead atoms. The number of rotatable bonds is 8. The van der Waals surface area contributed by atoms with Crippen LogP contribution in [0.25, 0.3) is 0 Å². The van der Waals surface area contributed by atoms with Gasteiger partial charge in [-0.25, -0.2) is 4.79 Å². The lowest BCUT2D eigenvalue weighted by atomic mass is 10.1. The summed E-state index contributed by atoms with van der Waals surface area (Å²) in [5.74, 6) is 0.799. The molecule has 5 nitrogen and oxygen atoms in total. The molecule has 5 heteroatoms. The predicted octanol–water partition coefficient (Wildman–Crippen LogP) is 6.00. The minimum absolute atomic E-state index is 0.241. The van der Waals surface area contributed by atoms with Crippen molar-refractivity contribution in [1.29, 1.82) is 0 Å². The average molecular weight is 403 g/mol. The Bertz CT molecular complexity index is 977. The third-order valence-electron chi connectivity index (χ3n) is 4.48. The fourth-order valence-corrected chi connectivity index (χ4v) is 2.70. The Morgan fingerprint density at radius 1 is 0.800 bits per heavy atom. The zero-order valence-corrected chi connectivity index (χ0v) is 17.2. The number of nitrogens with one attached hydrogen (secondary N) is 1. The summed E-state index contributed by atoms with van der Waals surface area (Å²) >= 11 is 0. The molecule has 0 spiro atoms. The van der Waals surface area contributed by atoms with Gasteiger partial charge >= 0.3 is 5.97 Å². The zero-order valence-electron chi connectivity index (χ0n) is 17.2. The number of ether oxygens (including phenoxy) is 2. The lowest BCUT2D eigenvalue weighted by Gasteiger charge is -2.09. The smallest absolute Gasteiger partial charge is 0.338 e. The van der Waals surface area contributed by atoms with Crippen molar-refractivity contribution in [2.75, 3.05) is 11.9 Å². The van der Waals surface area contributed by atoms with Crippen molar-refractivity contribution in [3.05, 3.63) is 89.5 Å². The third kappa shape index (κ3) is 5.95. The molecular weight excluding hydrogens is 378 g/mol. The molecule has 1 N–H and O–H groups in total. The standard InChI is InChI=1S/C25H25NO4/c1-3-4-17-29-25(28)20-7-11-21(12-8-20)26-24(27)19-9-15-23(16-10-19)30-22-13-5-18(2)6-14-22/h5-16H,3-4,17H2,1-2H3,(H,26,27). The van der Waals surface area contributed by atoms with Gasteiger partial charge in [0, 0.05) is 11.3 Å². The van der Waals surface area contributed by atoms with E-state index in [4.69, 9.17) is 9.47 Å². The van der Waals surface area contributed by atoms with Crippen LogP contribution in [0.15, 0.2) is 72.8 Å². The van der Waals surface area contributed by atoms with E-state index in [2.05, 4.69) is 5.32 Å². The van der Waals surface area contributed by atoms with Crippen molar-refractivity contribution < 1.29 is 19.1 Å². The quantitative estimate of drug-likeness (QED) is 0.370. The van der Waals surface area contributed by atoms with Gasteiger partial charge in [-0.05, 0) is 74.0 Å². The van der Waals surface area contributed by atoms with Gasteiger partial charge in [-0.1, -0.05) is 31.0 Å². The topological polar surface area (TPSA) is 64.6 Å². The number of benzene rings is 3. The van der Waals surface area contributed by atoms with Crippen molar-refractivity contribution >= 4 is 17.6 Å². The third-order valence-corrected chi connectivity index (χ3v) is 4.48. The fraction of sp³-hybridized carbons (Fsp3) is 0.200. The number of aryl methyl sites for hydroxylation is 1. The highest BCUT2D eigenvalue weighted by atomic mass is 16.5. The van der Waals surface area contributed by atoms with Gasteiger partial charge in [-0.15, -0.1) is 0 Å². The van der Waals surface area contributed by atoms with Crippen LogP contribution in [0, 0.1) is 6.92 Å². The van der Waals surface area contributed by atoms with E-state index >= 15 is 0 Å². The second-order valence-electron chi connectivity index (χ2n) is 6.96. The molecule has 0 saturated carbocycles. The Kier molecular flexibility index (Phi) is 7.22. The van der Waals surface area contributed by atoms with E-state index in [0.717, 1.165) is 24.2 Å². The molecule has 3 aromatic carbocycles. The van der Waals surface area contributed by atoms with E-state index in [-0.39, 0.29) is 11.9 Å². The van der Waals surface area contributed by atoms with Crippen molar-refractivity contribution in [3.63, 3.8) is 0 Å². The predicted molar refractivity (Wildman–Crippen MR) is 117 cm³/mol. The zero-order chi connectivity index (χ0) is 21.3. The van der Waals surface area contributed by atoms with Crippen LogP contribution in [0.5, 0.6) is 11.5 Å². The maximum Gasteiger partial charge on any atom is 0.338 e. The molecule has 154 valence electrons. The molecule has 3 rings (SSSR count). The minimum Gasteiger partial charge on any atom is -0.462 e. The van der Waals surface area contributed by atoms with Crippen LogP contribution in [-0.4, -0.2) is 18.5 Å². The van der Waals surface area contributed by atoms with Gasteiger partial charge in [0.2, 0.25) is 0 Å². The highest BCUT2D eigenvalue weighted by Crippen LogP contribution is 2.22. The summed E-state index contributed by atoms with van der Waals surface area (Å²) in [6, 6.07) is 21.3. The molecule has 1 amide bonds. The molecule has 0 atom stereocenters. The number of unbranched alkanes of at least 4 members (excludes halogenated alkanes) is 1. The number of hydrogen-bond donors (Lipinski definition) is 1. The molecule has 0 aliphatic heterocycles. The maximum absolute atomic E-state index is 12.5. The Balaban J connectivity index is 1.56. The van der Waals surface area contributed by atoms with E-state index in [1.807, 2.05) is 38.1 Å². The highest BCUT2D eigenvalue weighted by Gasteiger charge is 2.09. The van der Waals surface area contributed by atoms with E-state index in [0.29, 0.717) is 29.2 Å². The maximum atomic E-state index is 12.5. The summed E-state index contributed by atoms with van der Waals surface area (Å²) in [4.78, 5) is 24.4. The van der Waals surface area contributed by atoms with Crippen LogP contribution in [0.4, 0.5) is 5.69 Å². The van der Waals surface area contributed by atoms with Gasteiger partial charge in [-0.2, -0.15) is 0 Å². The van der Waals surface area contributed by atoms with E-state index < -0.39 is 0 Å². The number of carbonyl (C=O) groups is 2. The van der Waals surface area contributed by atoms with Gasteiger partial charge in [0.15, 0.2) is 0 Å². The second-order valence-corrected chi connectivity index (χ2v) is 6.96. The SMILES string of the molecule is CCCCOC(=O)c1ccc(NC(=O)c2ccc(Oc3ccc(C)cc3)cc2)cc1. The molecule has 0 fully saturated rings. The summed E-state index contributed by atoms with van der Waals surface area (Å²) in [6.07, 6.45) is 1.81. The van der Waals surface area contributed by atoms with Crippen LogP contribution in [0.2, 0.25) is 0 Å². The van der Waals surface area contributed by atoms with E-state index in [1.165, 1.54) is 0 Å². The number of carbonyl (C=O) groups excluding carboxylic acids is 2. The molecule has 30 heavy (non-hydrogen) atoms. The van der Waals surface area contributed by atoms with Crippen molar-refractivity contribution in [2.45, 2.75) is 26.7 Å². The summed E-state index contributed by atoms with van der Waals surface area (Å²) in [5.41, 5.74) is 2.73. The molecule has 0 heterocycles. The van der Waals surface area contributed by atoms with E-state index in [9.17, 15) is 9.59 Å². The van der Waals surface area contributed by atoms with Crippen LogP contribution >= 0.6 is 0 Å². The fourth-order valence-electron chi connectivity index (χ4n) is 2.70. The monoisotopic (exact) mass is 403 g/mol. The highest BCUT2D eigenvalue weighted by molar-refractivity contribution is 6.04. The first kappa shape index (κ1) is 21.1. The summed E-state index contributed by atoms with van der Waals surface area (Å²) in [6.45, 7) is 4.47. The average Bonchev–Trinajstić information content (AvgIpc) is 2.76. The van der Waals surface area contributed by atoms with Gasteiger partial charge in [-0.3, -0.25) is 4.79 Å². The Morgan fingerprint density at radius 3 is 1.97 bits per heavy atom. The van der Waals surface area contributed by atoms with Gasteiger partial charge in [0.05, 0.1) is 12.2 Å².